The molecule has 2 aliphatic heterocycles. The minimum atomic E-state index is 0.211. The number of hydrogen-bond donors (Lipinski definition) is 1. The third-order valence-corrected chi connectivity index (χ3v) is 3.64. The molecule has 2 aliphatic rings. The van der Waals surface area contributed by atoms with Crippen LogP contribution in [-0.2, 0) is 4.79 Å². The summed E-state index contributed by atoms with van der Waals surface area (Å²) in [4.78, 5) is 14.1. The number of amides is 1. The lowest BCUT2D eigenvalue weighted by Crippen LogP contribution is -2.54. The van der Waals surface area contributed by atoms with Crippen molar-refractivity contribution in [2.45, 2.75) is 52.1 Å². The first kappa shape index (κ1) is 10.9. The largest absolute Gasteiger partial charge is 0.327 e. The van der Waals surface area contributed by atoms with Crippen LogP contribution in [0.2, 0.25) is 0 Å². The Labute approximate surface area is 92.2 Å². The Bertz CT molecular complexity index is 244. The van der Waals surface area contributed by atoms with E-state index in [2.05, 4.69) is 24.1 Å². The highest BCUT2D eigenvalue weighted by atomic mass is 16.2. The molecule has 15 heavy (non-hydrogen) atoms. The van der Waals surface area contributed by atoms with E-state index >= 15 is 0 Å². The van der Waals surface area contributed by atoms with Crippen molar-refractivity contribution in [2.75, 3.05) is 13.1 Å². The molecule has 0 aromatic rings. The molecule has 0 aromatic carbocycles. The van der Waals surface area contributed by atoms with Crippen LogP contribution in [0.3, 0.4) is 0 Å². The second kappa shape index (κ2) is 4.12. The third-order valence-electron chi connectivity index (χ3n) is 3.64. The molecule has 1 unspecified atom stereocenters. The van der Waals surface area contributed by atoms with Gasteiger partial charge in [0.15, 0.2) is 0 Å². The van der Waals surface area contributed by atoms with Crippen molar-refractivity contribution in [2.24, 2.45) is 5.41 Å². The Balaban J connectivity index is 1.96. The molecule has 0 bridgehead atoms. The molecule has 0 saturated carbocycles. The summed E-state index contributed by atoms with van der Waals surface area (Å²) < 4.78 is 0. The van der Waals surface area contributed by atoms with Gasteiger partial charge in [-0.25, -0.2) is 0 Å². The van der Waals surface area contributed by atoms with Crippen LogP contribution in [0.25, 0.3) is 0 Å². The van der Waals surface area contributed by atoms with Crippen LogP contribution in [-0.4, -0.2) is 30.1 Å². The number of carbonyl (C=O) groups excluding carboxylic acids is 1. The smallest absolute Gasteiger partial charge is 0.224 e. The number of piperidine rings is 2. The normalized spacial score (nSPS) is 31.7. The van der Waals surface area contributed by atoms with Gasteiger partial charge in [-0.2, -0.15) is 0 Å². The average molecular weight is 210 g/mol. The standard InChI is InChI=1S/C12H22N2O/c1-12(2)6-8-14(11(15)9-12)10-5-3-4-7-13-10/h10,13H,3-9H2,1-2H3. The fourth-order valence-corrected chi connectivity index (χ4v) is 2.58. The zero-order chi connectivity index (χ0) is 10.9. The minimum absolute atomic E-state index is 0.211. The lowest BCUT2D eigenvalue weighted by atomic mass is 9.82. The molecule has 0 spiro atoms. The zero-order valence-corrected chi connectivity index (χ0v) is 9.88. The van der Waals surface area contributed by atoms with Gasteiger partial charge in [-0.05, 0) is 37.6 Å². The van der Waals surface area contributed by atoms with Gasteiger partial charge in [-0.1, -0.05) is 13.8 Å². The molecule has 2 heterocycles. The maximum Gasteiger partial charge on any atom is 0.224 e. The van der Waals surface area contributed by atoms with Crippen molar-refractivity contribution in [3.05, 3.63) is 0 Å². The summed E-state index contributed by atoms with van der Waals surface area (Å²) in [5.41, 5.74) is 0.211. The van der Waals surface area contributed by atoms with Gasteiger partial charge >= 0.3 is 0 Å². The number of hydrogen-bond acceptors (Lipinski definition) is 2. The zero-order valence-electron chi connectivity index (χ0n) is 9.88. The van der Waals surface area contributed by atoms with Crippen LogP contribution in [0.15, 0.2) is 0 Å². The number of rotatable bonds is 1. The van der Waals surface area contributed by atoms with Crippen LogP contribution in [0.5, 0.6) is 0 Å². The van der Waals surface area contributed by atoms with E-state index in [0.29, 0.717) is 18.5 Å². The molecule has 1 amide bonds. The molecular weight excluding hydrogens is 188 g/mol. The molecule has 0 aliphatic carbocycles. The Hall–Kier alpha value is -0.570. The summed E-state index contributed by atoms with van der Waals surface area (Å²) in [6, 6.07) is 0. The van der Waals surface area contributed by atoms with Gasteiger partial charge in [-0.3, -0.25) is 10.1 Å². The average Bonchev–Trinajstić information content (AvgIpc) is 2.17. The van der Waals surface area contributed by atoms with Crippen molar-refractivity contribution in [3.8, 4) is 0 Å². The van der Waals surface area contributed by atoms with Gasteiger partial charge in [0.1, 0.15) is 0 Å². The maximum absolute atomic E-state index is 12.0. The summed E-state index contributed by atoms with van der Waals surface area (Å²) in [5, 5.41) is 3.45. The highest BCUT2D eigenvalue weighted by Crippen LogP contribution is 2.32. The number of carbonyl (C=O) groups is 1. The number of nitrogens with zero attached hydrogens (tertiary/aromatic N) is 1. The fraction of sp³-hybridized carbons (Fsp3) is 0.917. The molecule has 2 rings (SSSR count). The molecule has 0 radical (unpaired) electrons. The van der Waals surface area contributed by atoms with Crippen LogP contribution >= 0.6 is 0 Å². The quantitative estimate of drug-likeness (QED) is 0.715. The van der Waals surface area contributed by atoms with E-state index in [4.69, 9.17) is 0 Å². The monoisotopic (exact) mass is 210 g/mol. The molecule has 1 N–H and O–H groups in total. The second-order valence-corrected chi connectivity index (χ2v) is 5.64. The van der Waals surface area contributed by atoms with Crippen molar-refractivity contribution in [3.63, 3.8) is 0 Å². The van der Waals surface area contributed by atoms with E-state index in [1.54, 1.807) is 0 Å². The van der Waals surface area contributed by atoms with Crippen molar-refractivity contribution < 1.29 is 4.79 Å². The summed E-state index contributed by atoms with van der Waals surface area (Å²) in [5.74, 6) is 0.339. The molecule has 0 aromatic heterocycles. The van der Waals surface area contributed by atoms with Crippen LogP contribution in [0.4, 0.5) is 0 Å². The Kier molecular flexibility index (Phi) is 3.01. The first-order valence-corrected chi connectivity index (χ1v) is 6.11. The molecular formula is C12H22N2O. The fourth-order valence-electron chi connectivity index (χ4n) is 2.58. The summed E-state index contributed by atoms with van der Waals surface area (Å²) in [6.07, 6.45) is 5.81. The lowest BCUT2D eigenvalue weighted by molar-refractivity contribution is -0.141. The number of nitrogens with one attached hydrogen (secondary N) is 1. The predicted octanol–water partition coefficient (Wildman–Crippen LogP) is 1.73. The molecule has 86 valence electrons. The minimum Gasteiger partial charge on any atom is -0.327 e. The highest BCUT2D eigenvalue weighted by Gasteiger charge is 2.34. The SMILES string of the molecule is CC1(C)CCN(C2CCCCN2)C(=O)C1. The van der Waals surface area contributed by atoms with E-state index in [-0.39, 0.29) is 5.41 Å². The first-order valence-electron chi connectivity index (χ1n) is 6.11. The van der Waals surface area contributed by atoms with Crippen molar-refractivity contribution in [1.29, 1.82) is 0 Å². The van der Waals surface area contributed by atoms with E-state index < -0.39 is 0 Å². The van der Waals surface area contributed by atoms with Crippen LogP contribution < -0.4 is 5.32 Å². The van der Waals surface area contributed by atoms with Gasteiger partial charge in [0.2, 0.25) is 5.91 Å². The van der Waals surface area contributed by atoms with E-state index in [9.17, 15) is 4.79 Å². The summed E-state index contributed by atoms with van der Waals surface area (Å²) in [6.45, 7) is 6.38. The Morgan fingerprint density at radius 3 is 2.80 bits per heavy atom. The summed E-state index contributed by atoms with van der Waals surface area (Å²) >= 11 is 0. The van der Waals surface area contributed by atoms with Crippen molar-refractivity contribution in [1.82, 2.24) is 10.2 Å². The van der Waals surface area contributed by atoms with Gasteiger partial charge in [0.25, 0.3) is 0 Å². The molecule has 3 heteroatoms. The topological polar surface area (TPSA) is 32.3 Å². The predicted molar refractivity (Wildman–Crippen MR) is 60.4 cm³/mol. The molecule has 3 nitrogen and oxygen atoms in total. The lowest BCUT2D eigenvalue weighted by Gasteiger charge is -2.42. The van der Waals surface area contributed by atoms with Crippen molar-refractivity contribution >= 4 is 5.91 Å². The summed E-state index contributed by atoms with van der Waals surface area (Å²) in [7, 11) is 0. The van der Waals surface area contributed by atoms with E-state index in [1.807, 2.05) is 0 Å². The second-order valence-electron chi connectivity index (χ2n) is 5.64. The third kappa shape index (κ3) is 2.51. The van der Waals surface area contributed by atoms with E-state index in [0.717, 1.165) is 25.9 Å². The first-order chi connectivity index (χ1) is 7.08. The van der Waals surface area contributed by atoms with Crippen LogP contribution in [0.1, 0.15) is 46.0 Å². The van der Waals surface area contributed by atoms with Gasteiger partial charge in [0, 0.05) is 13.0 Å². The highest BCUT2D eigenvalue weighted by molar-refractivity contribution is 5.78. The van der Waals surface area contributed by atoms with Gasteiger partial charge < -0.3 is 4.90 Å². The van der Waals surface area contributed by atoms with Gasteiger partial charge in [-0.15, -0.1) is 0 Å². The molecule has 1 atom stereocenters. The van der Waals surface area contributed by atoms with Gasteiger partial charge in [0.05, 0.1) is 6.17 Å². The molecule has 2 fully saturated rings. The number of likely N-dealkylation sites (tertiary alicyclic amines) is 1. The Morgan fingerprint density at radius 1 is 1.40 bits per heavy atom. The van der Waals surface area contributed by atoms with E-state index in [1.165, 1.54) is 12.8 Å². The molecule has 2 saturated heterocycles. The maximum atomic E-state index is 12.0. The van der Waals surface area contributed by atoms with Crippen LogP contribution in [0, 0.1) is 5.41 Å². The Morgan fingerprint density at radius 2 is 2.20 bits per heavy atom.